The van der Waals surface area contributed by atoms with Crippen molar-refractivity contribution in [2.24, 2.45) is 16.3 Å². The van der Waals surface area contributed by atoms with E-state index in [1.54, 1.807) is 6.07 Å². The molecule has 2 aliphatic carbocycles. The van der Waals surface area contributed by atoms with Gasteiger partial charge < -0.3 is 0 Å². The Morgan fingerprint density at radius 3 is 2.46 bits per heavy atom. The third-order valence-corrected chi connectivity index (χ3v) is 6.05. The maximum atomic E-state index is 14.1. The van der Waals surface area contributed by atoms with E-state index in [1.807, 2.05) is 30.3 Å². The third-order valence-electron chi connectivity index (χ3n) is 6.05. The Morgan fingerprint density at radius 1 is 0.964 bits per heavy atom. The van der Waals surface area contributed by atoms with E-state index < -0.39 is 11.8 Å². The van der Waals surface area contributed by atoms with Gasteiger partial charge in [-0.3, -0.25) is 14.6 Å². The Bertz CT molecular complexity index is 1110. The fourth-order valence-electron chi connectivity index (χ4n) is 4.95. The zero-order chi connectivity index (χ0) is 19.6. The molecule has 0 fully saturated rings. The minimum absolute atomic E-state index is 0.0204. The molecule has 3 aliphatic rings. The highest BCUT2D eigenvalue weighted by molar-refractivity contribution is 6.30. The van der Waals surface area contributed by atoms with Crippen LogP contribution in [-0.4, -0.2) is 17.3 Å². The normalized spacial score (nSPS) is 25.2. The van der Waals surface area contributed by atoms with Gasteiger partial charge in [-0.2, -0.15) is 0 Å². The van der Waals surface area contributed by atoms with E-state index >= 15 is 0 Å². The first kappa shape index (κ1) is 17.2. The fraction of sp³-hybridized carbons (Fsp3) is 0.292. The van der Waals surface area contributed by atoms with E-state index in [4.69, 9.17) is 4.99 Å². The molecule has 0 N–H and O–H groups in total. The number of hydrogen-bond donors (Lipinski definition) is 0. The Labute approximate surface area is 163 Å². The van der Waals surface area contributed by atoms with Gasteiger partial charge in [-0.05, 0) is 29.5 Å². The maximum absolute atomic E-state index is 14.1. The lowest BCUT2D eigenvalue weighted by atomic mass is 9.66. The van der Waals surface area contributed by atoms with E-state index in [2.05, 4.69) is 13.8 Å². The summed E-state index contributed by atoms with van der Waals surface area (Å²) in [5, 5.41) is 0. The molecule has 1 aliphatic heterocycles. The number of ketones is 2. The summed E-state index contributed by atoms with van der Waals surface area (Å²) >= 11 is 0. The van der Waals surface area contributed by atoms with Gasteiger partial charge >= 0.3 is 0 Å². The Kier molecular flexibility index (Phi) is 3.57. The zero-order valence-corrected chi connectivity index (χ0v) is 15.8. The van der Waals surface area contributed by atoms with Crippen molar-refractivity contribution in [1.29, 1.82) is 0 Å². The van der Waals surface area contributed by atoms with E-state index in [-0.39, 0.29) is 22.8 Å². The molecule has 0 saturated carbocycles. The van der Waals surface area contributed by atoms with E-state index in [9.17, 15) is 14.0 Å². The lowest BCUT2D eigenvalue weighted by molar-refractivity contribution is -0.118. The van der Waals surface area contributed by atoms with Crippen molar-refractivity contribution in [3.05, 3.63) is 82.3 Å². The summed E-state index contributed by atoms with van der Waals surface area (Å²) in [5.74, 6) is -1.43. The summed E-state index contributed by atoms with van der Waals surface area (Å²) in [6, 6.07) is 13.7. The van der Waals surface area contributed by atoms with Crippen LogP contribution in [0.4, 0.5) is 4.39 Å². The van der Waals surface area contributed by atoms with Crippen LogP contribution in [-0.2, 0) is 4.79 Å². The molecule has 0 aromatic heterocycles. The van der Waals surface area contributed by atoms with Crippen molar-refractivity contribution in [3.8, 4) is 0 Å². The number of benzene rings is 2. The average Bonchev–Trinajstić information content (AvgIpc) is 2.92. The van der Waals surface area contributed by atoms with E-state index in [0.717, 1.165) is 17.0 Å². The smallest absolute Gasteiger partial charge is 0.173 e. The van der Waals surface area contributed by atoms with Crippen molar-refractivity contribution < 1.29 is 14.0 Å². The van der Waals surface area contributed by atoms with Gasteiger partial charge in [0.15, 0.2) is 11.6 Å². The standard InChI is InChI=1S/C24H20FNO2/c1-24(2)11-17-20(18(27)12-24)19(13-6-5-7-14(25)10-13)21-22(26-17)15-8-3-4-9-16(15)23(21)28/h3-10,19,21H,11-12H2,1-2H3/t19-,21+/m1/s1. The third kappa shape index (κ3) is 2.44. The lowest BCUT2D eigenvalue weighted by Gasteiger charge is -2.38. The topological polar surface area (TPSA) is 46.5 Å². The SMILES string of the molecule is CC1(C)CC(=O)C2=C(C1)N=C1c3ccccc3C(=O)[C@H]1[C@@H]2c1cccc(F)c1. The highest BCUT2D eigenvalue weighted by Crippen LogP contribution is 2.51. The van der Waals surface area contributed by atoms with Crippen molar-refractivity contribution in [2.45, 2.75) is 32.6 Å². The molecule has 5 rings (SSSR count). The van der Waals surface area contributed by atoms with Crippen LogP contribution in [0.15, 0.2) is 64.8 Å². The van der Waals surface area contributed by atoms with Crippen LogP contribution >= 0.6 is 0 Å². The molecule has 4 heteroatoms. The first-order valence-electron chi connectivity index (χ1n) is 9.60. The number of carbonyl (C=O) groups excluding carboxylic acids is 2. The molecule has 140 valence electrons. The molecule has 1 heterocycles. The summed E-state index contributed by atoms with van der Waals surface area (Å²) in [7, 11) is 0. The molecule has 2 aromatic rings. The van der Waals surface area contributed by atoms with Crippen LogP contribution in [0.1, 0.15) is 54.1 Å². The van der Waals surface area contributed by atoms with Gasteiger partial charge in [-0.1, -0.05) is 50.2 Å². The molecule has 0 bridgehead atoms. The second kappa shape index (κ2) is 5.81. The number of hydrogen-bond acceptors (Lipinski definition) is 3. The Balaban J connectivity index is 1.78. The van der Waals surface area contributed by atoms with Crippen molar-refractivity contribution in [1.82, 2.24) is 0 Å². The summed E-state index contributed by atoms with van der Waals surface area (Å²) in [4.78, 5) is 31.3. The lowest BCUT2D eigenvalue weighted by Crippen LogP contribution is -2.37. The Morgan fingerprint density at radius 2 is 1.71 bits per heavy atom. The van der Waals surface area contributed by atoms with Gasteiger partial charge in [0.05, 0.1) is 11.6 Å². The quantitative estimate of drug-likeness (QED) is 0.716. The molecular weight excluding hydrogens is 353 g/mol. The largest absolute Gasteiger partial charge is 0.294 e. The molecule has 0 radical (unpaired) electrons. The number of halogens is 1. The van der Waals surface area contributed by atoms with Gasteiger partial charge in [0.25, 0.3) is 0 Å². The summed E-state index contributed by atoms with van der Waals surface area (Å²) < 4.78 is 14.1. The molecule has 3 nitrogen and oxygen atoms in total. The first-order chi connectivity index (χ1) is 13.4. The number of nitrogens with zero attached hydrogens (tertiary/aromatic N) is 1. The highest BCUT2D eigenvalue weighted by Gasteiger charge is 2.50. The highest BCUT2D eigenvalue weighted by atomic mass is 19.1. The van der Waals surface area contributed by atoms with Gasteiger partial charge in [-0.15, -0.1) is 0 Å². The molecule has 0 spiro atoms. The molecule has 2 aromatic carbocycles. The van der Waals surface area contributed by atoms with Crippen molar-refractivity contribution in [3.63, 3.8) is 0 Å². The summed E-state index contributed by atoms with van der Waals surface area (Å²) in [6.45, 7) is 4.12. The van der Waals surface area contributed by atoms with Gasteiger partial charge in [0.2, 0.25) is 0 Å². The zero-order valence-electron chi connectivity index (χ0n) is 15.8. The number of aliphatic imine (C=N–C) groups is 1. The van der Waals surface area contributed by atoms with Crippen molar-refractivity contribution >= 4 is 17.3 Å². The van der Waals surface area contributed by atoms with Crippen LogP contribution < -0.4 is 0 Å². The van der Waals surface area contributed by atoms with E-state index in [0.29, 0.717) is 29.5 Å². The summed E-state index contributed by atoms with van der Waals surface area (Å²) in [6.07, 6.45) is 1.09. The molecular formula is C24H20FNO2. The van der Waals surface area contributed by atoms with Crippen LogP contribution in [0.2, 0.25) is 0 Å². The molecule has 0 amide bonds. The number of carbonyl (C=O) groups is 2. The van der Waals surface area contributed by atoms with Gasteiger partial charge in [0.1, 0.15) is 5.82 Å². The first-order valence-corrected chi connectivity index (χ1v) is 9.60. The average molecular weight is 373 g/mol. The van der Waals surface area contributed by atoms with Crippen LogP contribution in [0, 0.1) is 17.2 Å². The second-order valence-corrected chi connectivity index (χ2v) is 8.72. The van der Waals surface area contributed by atoms with Gasteiger partial charge in [-0.25, -0.2) is 4.39 Å². The number of allylic oxidation sites excluding steroid dienone is 2. The summed E-state index contributed by atoms with van der Waals surface area (Å²) in [5.41, 5.74) is 4.03. The van der Waals surface area contributed by atoms with Crippen LogP contribution in [0.3, 0.4) is 0 Å². The maximum Gasteiger partial charge on any atom is 0.173 e. The molecule has 28 heavy (non-hydrogen) atoms. The van der Waals surface area contributed by atoms with Crippen LogP contribution in [0.5, 0.6) is 0 Å². The molecule has 0 saturated heterocycles. The number of fused-ring (bicyclic) bond motifs is 3. The minimum atomic E-state index is -0.567. The van der Waals surface area contributed by atoms with Gasteiger partial charge in [0, 0.05) is 34.7 Å². The van der Waals surface area contributed by atoms with E-state index in [1.165, 1.54) is 12.1 Å². The Hall–Kier alpha value is -2.88. The molecule has 0 unspecified atom stereocenters. The second-order valence-electron chi connectivity index (χ2n) is 8.72. The fourth-order valence-corrected chi connectivity index (χ4v) is 4.95. The minimum Gasteiger partial charge on any atom is -0.294 e. The molecule has 2 atom stereocenters. The van der Waals surface area contributed by atoms with Crippen molar-refractivity contribution in [2.75, 3.05) is 0 Å². The predicted octanol–water partition coefficient (Wildman–Crippen LogP) is 4.87. The number of rotatable bonds is 1. The van der Waals surface area contributed by atoms with Crippen LogP contribution in [0.25, 0.3) is 0 Å². The number of Topliss-reactive ketones (excluding diaryl/α,β-unsaturated/α-hetero) is 2. The predicted molar refractivity (Wildman–Crippen MR) is 105 cm³/mol. The monoisotopic (exact) mass is 373 g/mol.